The molecule has 122 valence electrons. The molecule has 1 saturated heterocycles. The van der Waals surface area contributed by atoms with E-state index >= 15 is 0 Å². The Morgan fingerprint density at radius 3 is 2.67 bits per heavy atom. The van der Waals surface area contributed by atoms with Crippen LogP contribution in [0.1, 0.15) is 18.2 Å². The molecule has 1 aromatic heterocycles. The second-order valence-electron chi connectivity index (χ2n) is 6.10. The summed E-state index contributed by atoms with van der Waals surface area (Å²) in [6, 6.07) is 12.3. The average Bonchev–Trinajstić information content (AvgIpc) is 3.11. The number of carbonyl (C=O) groups is 1. The zero-order valence-corrected chi connectivity index (χ0v) is 13.2. The minimum atomic E-state index is -0.230. The van der Waals surface area contributed by atoms with Gasteiger partial charge in [-0.25, -0.2) is 4.98 Å². The van der Waals surface area contributed by atoms with Crippen LogP contribution in [0.5, 0.6) is 11.5 Å². The second kappa shape index (κ2) is 5.26. The highest BCUT2D eigenvalue weighted by molar-refractivity contribution is 5.96. The van der Waals surface area contributed by atoms with Crippen molar-refractivity contribution in [1.82, 2.24) is 9.55 Å². The summed E-state index contributed by atoms with van der Waals surface area (Å²) in [7, 11) is 1.96. The van der Waals surface area contributed by atoms with Crippen LogP contribution in [0.3, 0.4) is 0 Å². The van der Waals surface area contributed by atoms with Crippen molar-refractivity contribution in [1.29, 1.82) is 0 Å². The van der Waals surface area contributed by atoms with Crippen LogP contribution in [-0.2, 0) is 11.8 Å². The Labute approximate surface area is 138 Å². The van der Waals surface area contributed by atoms with Crippen LogP contribution >= 0.6 is 0 Å². The third-order valence-corrected chi connectivity index (χ3v) is 4.58. The van der Waals surface area contributed by atoms with Crippen LogP contribution in [0.4, 0.5) is 5.69 Å². The van der Waals surface area contributed by atoms with Crippen molar-refractivity contribution >= 4 is 22.6 Å². The molecule has 6 nitrogen and oxygen atoms in total. The molecule has 4 rings (SSSR count). The van der Waals surface area contributed by atoms with E-state index in [0.29, 0.717) is 18.7 Å². The van der Waals surface area contributed by atoms with Gasteiger partial charge in [0.2, 0.25) is 5.91 Å². The Hall–Kier alpha value is -3.02. The molecule has 2 N–H and O–H groups in total. The topological polar surface area (TPSA) is 78.6 Å². The minimum absolute atomic E-state index is 0.00848. The fraction of sp³-hybridized carbons (Fsp3) is 0.222. The van der Waals surface area contributed by atoms with Gasteiger partial charge in [-0.3, -0.25) is 4.79 Å². The highest BCUT2D eigenvalue weighted by atomic mass is 16.3. The molecule has 1 fully saturated rings. The van der Waals surface area contributed by atoms with Crippen molar-refractivity contribution in [3.63, 3.8) is 0 Å². The highest BCUT2D eigenvalue weighted by Gasteiger charge is 2.34. The number of rotatable bonds is 2. The van der Waals surface area contributed by atoms with Crippen LogP contribution in [0.25, 0.3) is 11.0 Å². The molecule has 2 heterocycles. The smallest absolute Gasteiger partial charge is 0.227 e. The van der Waals surface area contributed by atoms with E-state index in [9.17, 15) is 15.0 Å². The number of aromatic nitrogens is 2. The van der Waals surface area contributed by atoms with Crippen molar-refractivity contribution < 1.29 is 15.0 Å². The summed E-state index contributed by atoms with van der Waals surface area (Å²) >= 11 is 0. The molecule has 0 radical (unpaired) electrons. The van der Waals surface area contributed by atoms with E-state index in [1.807, 2.05) is 35.9 Å². The van der Waals surface area contributed by atoms with Crippen molar-refractivity contribution in [3.05, 3.63) is 48.3 Å². The number of nitrogens with zero attached hydrogens (tertiary/aromatic N) is 3. The van der Waals surface area contributed by atoms with E-state index in [0.717, 1.165) is 16.9 Å². The van der Waals surface area contributed by atoms with Gasteiger partial charge in [0.05, 0.1) is 11.0 Å². The molecule has 1 aliphatic rings. The lowest BCUT2D eigenvalue weighted by atomic mass is 10.1. The molecule has 0 saturated carbocycles. The number of anilines is 1. The van der Waals surface area contributed by atoms with Gasteiger partial charge in [0, 0.05) is 37.7 Å². The number of amides is 1. The van der Waals surface area contributed by atoms with Crippen molar-refractivity contribution in [3.8, 4) is 11.5 Å². The number of aromatic hydroxyl groups is 2. The maximum Gasteiger partial charge on any atom is 0.227 e. The fourth-order valence-corrected chi connectivity index (χ4v) is 3.34. The van der Waals surface area contributed by atoms with Gasteiger partial charge in [0.25, 0.3) is 0 Å². The van der Waals surface area contributed by atoms with Crippen molar-refractivity contribution in [2.75, 3.05) is 11.4 Å². The predicted molar refractivity (Wildman–Crippen MR) is 90.2 cm³/mol. The minimum Gasteiger partial charge on any atom is -0.504 e. The van der Waals surface area contributed by atoms with Crippen LogP contribution < -0.4 is 4.90 Å². The summed E-state index contributed by atoms with van der Waals surface area (Å²) in [5.41, 5.74) is 2.54. The molecule has 0 bridgehead atoms. The van der Waals surface area contributed by atoms with Gasteiger partial charge in [-0.1, -0.05) is 12.1 Å². The first-order valence-electron chi connectivity index (χ1n) is 7.78. The number of phenols is 2. The van der Waals surface area contributed by atoms with E-state index in [2.05, 4.69) is 4.98 Å². The molecule has 6 heteroatoms. The fourth-order valence-electron chi connectivity index (χ4n) is 3.34. The van der Waals surface area contributed by atoms with Crippen LogP contribution in [-0.4, -0.2) is 32.2 Å². The van der Waals surface area contributed by atoms with Gasteiger partial charge in [0.15, 0.2) is 11.5 Å². The zero-order chi connectivity index (χ0) is 16.8. The number of phenolic OH excluding ortho intramolecular Hbond substituents is 2. The number of aryl methyl sites for hydroxylation is 1. The molecule has 1 aliphatic heterocycles. The lowest BCUT2D eigenvalue weighted by Gasteiger charge is -2.17. The van der Waals surface area contributed by atoms with E-state index in [1.54, 1.807) is 11.0 Å². The molecule has 0 aliphatic carbocycles. The van der Waals surface area contributed by atoms with Gasteiger partial charge in [-0.05, 0) is 24.3 Å². The van der Waals surface area contributed by atoms with Gasteiger partial charge >= 0.3 is 0 Å². The largest absolute Gasteiger partial charge is 0.504 e. The molecule has 0 spiro atoms. The number of fused-ring (bicyclic) bond motifs is 1. The number of benzene rings is 2. The maximum absolute atomic E-state index is 12.4. The predicted octanol–water partition coefficient (Wildman–Crippen LogP) is 2.51. The van der Waals surface area contributed by atoms with E-state index in [-0.39, 0.29) is 23.3 Å². The number of para-hydroxylation sites is 2. The number of carbonyl (C=O) groups excluding carboxylic acids is 1. The van der Waals surface area contributed by atoms with Gasteiger partial charge in [-0.2, -0.15) is 0 Å². The molecular weight excluding hydrogens is 306 g/mol. The molecule has 1 amide bonds. The summed E-state index contributed by atoms with van der Waals surface area (Å²) < 4.78 is 2.03. The third kappa shape index (κ3) is 2.19. The molecule has 1 unspecified atom stereocenters. The van der Waals surface area contributed by atoms with Crippen molar-refractivity contribution in [2.45, 2.75) is 12.3 Å². The number of hydrogen-bond acceptors (Lipinski definition) is 4. The number of hydrogen-bond donors (Lipinski definition) is 2. The van der Waals surface area contributed by atoms with Crippen molar-refractivity contribution in [2.24, 2.45) is 7.05 Å². The summed E-state index contributed by atoms with van der Waals surface area (Å²) in [4.78, 5) is 18.7. The van der Waals surface area contributed by atoms with Crippen LogP contribution in [0, 0.1) is 0 Å². The van der Waals surface area contributed by atoms with Crippen LogP contribution in [0.15, 0.2) is 42.5 Å². The molecule has 2 aromatic carbocycles. The summed E-state index contributed by atoms with van der Waals surface area (Å²) in [5, 5.41) is 19.1. The van der Waals surface area contributed by atoms with Crippen LogP contribution in [0.2, 0.25) is 0 Å². The Balaban J connectivity index is 1.68. The van der Waals surface area contributed by atoms with E-state index in [4.69, 9.17) is 0 Å². The van der Waals surface area contributed by atoms with Gasteiger partial charge in [-0.15, -0.1) is 0 Å². The average molecular weight is 323 g/mol. The maximum atomic E-state index is 12.4. The van der Waals surface area contributed by atoms with Gasteiger partial charge < -0.3 is 19.7 Å². The summed E-state index contributed by atoms with van der Waals surface area (Å²) in [6.45, 7) is 0.500. The second-order valence-corrected chi connectivity index (χ2v) is 6.10. The Morgan fingerprint density at radius 1 is 1.12 bits per heavy atom. The monoisotopic (exact) mass is 323 g/mol. The standard InChI is InChI=1S/C18H17N3O3/c1-20-14-5-3-2-4-13(14)19-18(20)11-8-17(24)21(10-11)12-6-7-15(22)16(23)9-12/h2-7,9,11,22-23H,8,10H2,1H3. The first-order valence-corrected chi connectivity index (χ1v) is 7.78. The normalized spacial score (nSPS) is 17.8. The Morgan fingerprint density at radius 2 is 1.92 bits per heavy atom. The number of imidazole rings is 1. The lowest BCUT2D eigenvalue weighted by molar-refractivity contribution is -0.117. The zero-order valence-electron chi connectivity index (χ0n) is 13.2. The Kier molecular flexibility index (Phi) is 3.19. The third-order valence-electron chi connectivity index (χ3n) is 4.58. The van der Waals surface area contributed by atoms with E-state index in [1.165, 1.54) is 12.1 Å². The molecule has 24 heavy (non-hydrogen) atoms. The Bertz CT molecular complexity index is 948. The molecule has 1 atom stereocenters. The quantitative estimate of drug-likeness (QED) is 0.710. The molecule has 3 aromatic rings. The highest BCUT2D eigenvalue weighted by Crippen LogP contribution is 2.35. The first kappa shape index (κ1) is 14.6. The van der Waals surface area contributed by atoms with Gasteiger partial charge in [0.1, 0.15) is 5.82 Å². The molecular formula is C18H17N3O3. The van der Waals surface area contributed by atoms with E-state index < -0.39 is 0 Å². The lowest BCUT2D eigenvalue weighted by Crippen LogP contribution is -2.24. The summed E-state index contributed by atoms with van der Waals surface area (Å²) in [5.74, 6) is 0.432. The SMILES string of the molecule is Cn1c(C2CC(=O)N(c3ccc(O)c(O)c3)C2)nc2ccccc21. The summed E-state index contributed by atoms with van der Waals surface area (Å²) in [6.07, 6.45) is 0.374. The first-order chi connectivity index (χ1) is 11.5.